The normalized spacial score (nSPS) is 13.2. The average Bonchev–Trinajstić information content (AvgIpc) is 2.39. The summed E-state index contributed by atoms with van der Waals surface area (Å²) in [5.74, 6) is -1.01. The van der Waals surface area contributed by atoms with E-state index in [1.807, 2.05) is 27.7 Å². The number of esters is 2. The van der Waals surface area contributed by atoms with Crippen molar-refractivity contribution in [1.29, 1.82) is 0 Å². The molecule has 0 aromatic heterocycles. The summed E-state index contributed by atoms with van der Waals surface area (Å²) in [6.07, 6.45) is 7.54. The minimum atomic E-state index is -0.516. The van der Waals surface area contributed by atoms with E-state index in [-0.39, 0.29) is 11.5 Å². The van der Waals surface area contributed by atoms with Crippen LogP contribution in [0.15, 0.2) is 12.2 Å². The maximum Gasteiger partial charge on any atom is 0.331 e. The summed E-state index contributed by atoms with van der Waals surface area (Å²) in [5, 5.41) is 0. The molecule has 0 spiro atoms. The van der Waals surface area contributed by atoms with Gasteiger partial charge in [-0.1, -0.05) is 53.4 Å². The highest BCUT2D eigenvalue weighted by molar-refractivity contribution is 5.91. The van der Waals surface area contributed by atoms with Crippen molar-refractivity contribution in [3.63, 3.8) is 0 Å². The second-order valence-corrected chi connectivity index (χ2v) is 6.36. The lowest BCUT2D eigenvalue weighted by molar-refractivity contribution is -0.147. The molecule has 4 heteroatoms. The minimum absolute atomic E-state index is 0.123. The quantitative estimate of drug-likeness (QED) is 0.366. The van der Waals surface area contributed by atoms with Crippen LogP contribution in [0.3, 0.4) is 0 Å². The first-order valence-electron chi connectivity index (χ1n) is 7.82. The zero-order valence-electron chi connectivity index (χ0n) is 14.1. The Morgan fingerprint density at radius 2 is 1.57 bits per heavy atom. The van der Waals surface area contributed by atoms with E-state index in [1.54, 1.807) is 0 Å². The first kappa shape index (κ1) is 19.7. The topological polar surface area (TPSA) is 52.6 Å². The lowest BCUT2D eigenvalue weighted by atomic mass is 9.90. The number of hydrogen-bond acceptors (Lipinski definition) is 4. The SMILES string of the molecule is CCCCCCCOC(=O)/C=C/C(=O)OC(C)C(C)(C)C. The number of rotatable bonds is 9. The molecule has 0 aliphatic heterocycles. The van der Waals surface area contributed by atoms with Crippen molar-refractivity contribution in [2.75, 3.05) is 6.61 Å². The molecule has 0 aromatic rings. The highest BCUT2D eigenvalue weighted by atomic mass is 16.5. The monoisotopic (exact) mass is 298 g/mol. The van der Waals surface area contributed by atoms with Crippen LogP contribution in [0, 0.1) is 5.41 Å². The third-order valence-electron chi connectivity index (χ3n) is 3.36. The molecule has 1 atom stereocenters. The van der Waals surface area contributed by atoms with Gasteiger partial charge >= 0.3 is 11.9 Å². The first-order valence-corrected chi connectivity index (χ1v) is 7.82. The Labute approximate surface area is 128 Å². The molecule has 0 fully saturated rings. The second-order valence-electron chi connectivity index (χ2n) is 6.36. The van der Waals surface area contributed by atoms with Crippen molar-refractivity contribution in [2.45, 2.75) is 72.8 Å². The van der Waals surface area contributed by atoms with Crippen molar-refractivity contribution < 1.29 is 19.1 Å². The maximum atomic E-state index is 11.5. The Hall–Kier alpha value is -1.32. The summed E-state index contributed by atoms with van der Waals surface area (Å²) in [7, 11) is 0. The van der Waals surface area contributed by atoms with Crippen molar-refractivity contribution in [1.82, 2.24) is 0 Å². The standard InChI is InChI=1S/C17H30O4/c1-6-7-8-9-10-13-20-15(18)11-12-16(19)21-14(2)17(3,4)5/h11-12,14H,6-10,13H2,1-5H3/b12-11+. The number of unbranched alkanes of at least 4 members (excludes halogenated alkanes) is 4. The Morgan fingerprint density at radius 3 is 2.14 bits per heavy atom. The van der Waals surface area contributed by atoms with Crippen molar-refractivity contribution in [3.8, 4) is 0 Å². The Kier molecular flexibility index (Phi) is 9.76. The van der Waals surface area contributed by atoms with Crippen LogP contribution in [-0.2, 0) is 19.1 Å². The second kappa shape index (κ2) is 10.4. The smallest absolute Gasteiger partial charge is 0.331 e. The highest BCUT2D eigenvalue weighted by Gasteiger charge is 2.22. The molecule has 0 N–H and O–H groups in total. The van der Waals surface area contributed by atoms with Gasteiger partial charge in [-0.25, -0.2) is 9.59 Å². The molecular weight excluding hydrogens is 268 g/mol. The van der Waals surface area contributed by atoms with Gasteiger partial charge in [0.1, 0.15) is 6.10 Å². The molecule has 4 nitrogen and oxygen atoms in total. The van der Waals surface area contributed by atoms with Gasteiger partial charge in [0, 0.05) is 12.2 Å². The van der Waals surface area contributed by atoms with Crippen molar-refractivity contribution in [3.05, 3.63) is 12.2 Å². The van der Waals surface area contributed by atoms with Crippen LogP contribution in [0.1, 0.15) is 66.7 Å². The predicted molar refractivity (Wildman–Crippen MR) is 83.9 cm³/mol. The lowest BCUT2D eigenvalue weighted by Gasteiger charge is -2.26. The van der Waals surface area contributed by atoms with Gasteiger partial charge in [-0.05, 0) is 18.8 Å². The molecule has 0 saturated carbocycles. The zero-order chi connectivity index (χ0) is 16.3. The number of carbonyl (C=O) groups excluding carboxylic acids is 2. The number of carbonyl (C=O) groups is 2. The molecule has 0 heterocycles. The van der Waals surface area contributed by atoms with E-state index in [0.717, 1.165) is 25.0 Å². The van der Waals surface area contributed by atoms with Crippen molar-refractivity contribution >= 4 is 11.9 Å². The van der Waals surface area contributed by atoms with Gasteiger partial charge in [-0.3, -0.25) is 0 Å². The van der Waals surface area contributed by atoms with E-state index in [4.69, 9.17) is 9.47 Å². The predicted octanol–water partition coefficient (Wildman–Crippen LogP) is 4.03. The van der Waals surface area contributed by atoms with E-state index >= 15 is 0 Å². The summed E-state index contributed by atoms with van der Waals surface area (Å²) < 4.78 is 10.2. The first-order chi connectivity index (χ1) is 9.77. The molecule has 1 unspecified atom stereocenters. The van der Waals surface area contributed by atoms with Crippen LogP contribution >= 0.6 is 0 Å². The summed E-state index contributed by atoms with van der Waals surface area (Å²) in [4.78, 5) is 22.9. The van der Waals surface area contributed by atoms with E-state index < -0.39 is 11.9 Å². The molecule has 21 heavy (non-hydrogen) atoms. The Morgan fingerprint density at radius 1 is 1.00 bits per heavy atom. The largest absolute Gasteiger partial charge is 0.463 e. The van der Waals surface area contributed by atoms with Gasteiger partial charge in [0.05, 0.1) is 6.61 Å². The Balaban J connectivity index is 3.86. The zero-order valence-corrected chi connectivity index (χ0v) is 14.1. The third-order valence-corrected chi connectivity index (χ3v) is 3.36. The van der Waals surface area contributed by atoms with Crippen LogP contribution in [0.25, 0.3) is 0 Å². The summed E-state index contributed by atoms with van der Waals surface area (Å²) >= 11 is 0. The van der Waals surface area contributed by atoms with Crippen molar-refractivity contribution in [2.24, 2.45) is 5.41 Å². The molecule has 122 valence electrons. The van der Waals surface area contributed by atoms with E-state index in [2.05, 4.69) is 6.92 Å². The number of hydrogen-bond donors (Lipinski definition) is 0. The van der Waals surface area contributed by atoms with E-state index in [0.29, 0.717) is 6.61 Å². The molecule has 0 bridgehead atoms. The fraction of sp³-hybridized carbons (Fsp3) is 0.765. The van der Waals surface area contributed by atoms with Gasteiger partial charge in [0.15, 0.2) is 0 Å². The molecule has 0 saturated heterocycles. The molecule has 0 aliphatic rings. The highest BCUT2D eigenvalue weighted by Crippen LogP contribution is 2.21. The maximum absolute atomic E-state index is 11.5. The fourth-order valence-electron chi connectivity index (χ4n) is 1.45. The third kappa shape index (κ3) is 11.1. The van der Waals surface area contributed by atoms with Gasteiger partial charge in [0.2, 0.25) is 0 Å². The van der Waals surface area contributed by atoms with Crippen LogP contribution in [0.4, 0.5) is 0 Å². The fourth-order valence-corrected chi connectivity index (χ4v) is 1.45. The van der Waals surface area contributed by atoms with Gasteiger partial charge in [-0.15, -0.1) is 0 Å². The van der Waals surface area contributed by atoms with Gasteiger partial charge in [0.25, 0.3) is 0 Å². The van der Waals surface area contributed by atoms with Crippen LogP contribution in [0.2, 0.25) is 0 Å². The average molecular weight is 298 g/mol. The number of ether oxygens (including phenoxy) is 2. The van der Waals surface area contributed by atoms with Gasteiger partial charge < -0.3 is 9.47 Å². The minimum Gasteiger partial charge on any atom is -0.463 e. The summed E-state index contributed by atoms with van der Waals surface area (Å²) in [6, 6.07) is 0. The molecule has 0 aromatic carbocycles. The van der Waals surface area contributed by atoms with Crippen LogP contribution in [-0.4, -0.2) is 24.6 Å². The van der Waals surface area contributed by atoms with Gasteiger partial charge in [-0.2, -0.15) is 0 Å². The van der Waals surface area contributed by atoms with E-state index in [1.165, 1.54) is 19.3 Å². The molecule has 0 radical (unpaired) electrons. The molecule has 0 amide bonds. The van der Waals surface area contributed by atoms with Crippen LogP contribution in [0.5, 0.6) is 0 Å². The summed E-state index contributed by atoms with van der Waals surface area (Å²) in [6.45, 7) is 10.4. The lowest BCUT2D eigenvalue weighted by Crippen LogP contribution is -2.28. The molecule has 0 rings (SSSR count). The van der Waals surface area contributed by atoms with E-state index in [9.17, 15) is 9.59 Å². The molecular formula is C17H30O4. The van der Waals surface area contributed by atoms with Crippen LogP contribution < -0.4 is 0 Å². The molecule has 0 aliphatic carbocycles. The Bertz CT molecular complexity index is 339. The summed E-state index contributed by atoms with van der Waals surface area (Å²) in [5.41, 5.74) is -0.123.